The molecular formula is C17H24N4O2. The van der Waals surface area contributed by atoms with E-state index < -0.39 is 5.41 Å². The fourth-order valence-corrected chi connectivity index (χ4v) is 2.63. The maximum atomic E-state index is 12.7. The topological polar surface area (TPSA) is 69.8 Å². The Hall–Kier alpha value is -2.24. The molecule has 6 nitrogen and oxygen atoms in total. The minimum atomic E-state index is -0.672. The van der Waals surface area contributed by atoms with Gasteiger partial charge in [0, 0.05) is 23.2 Å². The van der Waals surface area contributed by atoms with E-state index in [9.17, 15) is 9.59 Å². The van der Waals surface area contributed by atoms with E-state index in [1.165, 1.54) is 9.36 Å². The van der Waals surface area contributed by atoms with Gasteiger partial charge in [-0.3, -0.25) is 9.59 Å². The molecule has 0 aromatic carbocycles. The zero-order valence-electron chi connectivity index (χ0n) is 14.7. The van der Waals surface area contributed by atoms with Crippen molar-refractivity contribution in [3.05, 3.63) is 34.9 Å². The molecule has 2 heterocycles. The first-order valence-electron chi connectivity index (χ1n) is 7.76. The van der Waals surface area contributed by atoms with Crippen molar-refractivity contribution >= 4 is 11.8 Å². The first-order valence-corrected chi connectivity index (χ1v) is 7.76. The number of aryl methyl sites for hydroxylation is 4. The number of carbonyl (C=O) groups excluding carboxylic acids is 2. The van der Waals surface area contributed by atoms with Crippen LogP contribution in [0.1, 0.15) is 59.1 Å². The molecule has 6 heteroatoms. The van der Waals surface area contributed by atoms with Crippen molar-refractivity contribution in [3.63, 3.8) is 0 Å². The van der Waals surface area contributed by atoms with Crippen molar-refractivity contribution in [1.82, 2.24) is 19.6 Å². The highest BCUT2D eigenvalue weighted by atomic mass is 16.2. The molecule has 0 bridgehead atoms. The molecule has 0 aliphatic carbocycles. The lowest BCUT2D eigenvalue weighted by Gasteiger charge is -2.22. The smallest absolute Gasteiger partial charge is 0.252 e. The summed E-state index contributed by atoms with van der Waals surface area (Å²) in [5.74, 6) is -0.186. The Balaban J connectivity index is 2.09. The van der Waals surface area contributed by atoms with Crippen LogP contribution in [0.4, 0.5) is 0 Å². The van der Waals surface area contributed by atoms with Crippen LogP contribution in [0, 0.1) is 33.1 Å². The molecule has 0 atom stereocenters. The lowest BCUT2D eigenvalue weighted by Crippen LogP contribution is -2.32. The summed E-state index contributed by atoms with van der Waals surface area (Å²) in [6.45, 7) is 11.1. The largest absolute Gasteiger partial charge is 0.273 e. The molecule has 0 fully saturated rings. The first-order chi connectivity index (χ1) is 10.6. The van der Waals surface area contributed by atoms with Gasteiger partial charge in [-0.2, -0.15) is 10.2 Å². The van der Waals surface area contributed by atoms with Crippen molar-refractivity contribution in [2.24, 2.45) is 5.41 Å². The third kappa shape index (κ3) is 3.57. The Morgan fingerprint density at radius 1 is 0.957 bits per heavy atom. The second-order valence-corrected chi connectivity index (χ2v) is 6.76. The van der Waals surface area contributed by atoms with E-state index in [1.54, 1.807) is 0 Å². The second kappa shape index (κ2) is 6.10. The standard InChI is InChI=1S/C17H24N4O2/c1-11-9-13(3)20(18-11)15(22)7-8-17(5,6)16(23)21-14(4)10-12(2)19-21/h9-10H,7-8H2,1-6H3. The first kappa shape index (κ1) is 17.1. The van der Waals surface area contributed by atoms with E-state index in [4.69, 9.17) is 0 Å². The molecule has 124 valence electrons. The molecule has 2 rings (SSSR count). The molecule has 23 heavy (non-hydrogen) atoms. The van der Waals surface area contributed by atoms with Gasteiger partial charge >= 0.3 is 0 Å². The highest BCUT2D eigenvalue weighted by Gasteiger charge is 2.31. The summed E-state index contributed by atoms with van der Waals surface area (Å²) in [7, 11) is 0. The molecule has 0 aliphatic rings. The highest BCUT2D eigenvalue weighted by molar-refractivity contribution is 5.85. The van der Waals surface area contributed by atoms with E-state index in [2.05, 4.69) is 10.2 Å². The summed E-state index contributed by atoms with van der Waals surface area (Å²) < 4.78 is 2.85. The molecule has 0 N–H and O–H groups in total. The van der Waals surface area contributed by atoms with Gasteiger partial charge in [-0.15, -0.1) is 0 Å². The van der Waals surface area contributed by atoms with Gasteiger partial charge in [-0.1, -0.05) is 13.8 Å². The van der Waals surface area contributed by atoms with Gasteiger partial charge < -0.3 is 0 Å². The number of rotatable bonds is 4. The Bertz CT molecular complexity index is 753. The van der Waals surface area contributed by atoms with Crippen LogP contribution in [0.5, 0.6) is 0 Å². The van der Waals surface area contributed by atoms with Crippen LogP contribution in [0.3, 0.4) is 0 Å². The van der Waals surface area contributed by atoms with Crippen molar-refractivity contribution in [3.8, 4) is 0 Å². The summed E-state index contributed by atoms with van der Waals surface area (Å²) in [6.07, 6.45) is 0.710. The van der Waals surface area contributed by atoms with Crippen molar-refractivity contribution in [2.75, 3.05) is 0 Å². The van der Waals surface area contributed by atoms with E-state index in [-0.39, 0.29) is 18.2 Å². The predicted molar refractivity (Wildman–Crippen MR) is 87.7 cm³/mol. The summed E-state index contributed by atoms with van der Waals surface area (Å²) in [4.78, 5) is 25.0. The molecular weight excluding hydrogens is 292 g/mol. The Labute approximate surface area is 136 Å². The second-order valence-electron chi connectivity index (χ2n) is 6.76. The van der Waals surface area contributed by atoms with E-state index in [1.807, 2.05) is 53.7 Å². The monoisotopic (exact) mass is 316 g/mol. The number of nitrogens with zero attached hydrogens (tertiary/aromatic N) is 4. The molecule has 0 spiro atoms. The van der Waals surface area contributed by atoms with Crippen LogP contribution < -0.4 is 0 Å². The van der Waals surface area contributed by atoms with Gasteiger partial charge in [0.15, 0.2) is 0 Å². The van der Waals surface area contributed by atoms with Gasteiger partial charge in [-0.05, 0) is 46.2 Å². The molecule has 2 aromatic rings. The number of aromatic nitrogens is 4. The lowest BCUT2D eigenvalue weighted by molar-refractivity contribution is 0.0692. The normalized spacial score (nSPS) is 11.7. The van der Waals surface area contributed by atoms with Crippen LogP contribution in [-0.4, -0.2) is 31.4 Å². The average Bonchev–Trinajstić information content (AvgIpc) is 2.96. The van der Waals surface area contributed by atoms with Gasteiger partial charge in [0.05, 0.1) is 11.4 Å². The molecule has 0 aliphatic heterocycles. The summed E-state index contributed by atoms with van der Waals surface area (Å²) in [5.41, 5.74) is 2.58. The van der Waals surface area contributed by atoms with Crippen LogP contribution in [0.2, 0.25) is 0 Å². The third-order valence-corrected chi connectivity index (χ3v) is 3.99. The van der Waals surface area contributed by atoms with Crippen LogP contribution >= 0.6 is 0 Å². The predicted octanol–water partition coefficient (Wildman–Crippen LogP) is 3.10. The van der Waals surface area contributed by atoms with Crippen LogP contribution in [0.15, 0.2) is 12.1 Å². The Kier molecular flexibility index (Phi) is 4.54. The quantitative estimate of drug-likeness (QED) is 0.869. The van der Waals surface area contributed by atoms with Crippen molar-refractivity contribution in [2.45, 2.75) is 54.4 Å². The SMILES string of the molecule is Cc1cc(C)n(C(=O)CCC(C)(C)C(=O)n2nc(C)cc2C)n1. The zero-order valence-corrected chi connectivity index (χ0v) is 14.7. The molecule has 0 unspecified atom stereocenters. The molecule has 0 amide bonds. The molecule has 0 saturated carbocycles. The van der Waals surface area contributed by atoms with Crippen LogP contribution in [0.25, 0.3) is 0 Å². The number of hydrogen-bond acceptors (Lipinski definition) is 4. The fourth-order valence-electron chi connectivity index (χ4n) is 2.63. The van der Waals surface area contributed by atoms with Crippen LogP contribution in [-0.2, 0) is 0 Å². The fraction of sp³-hybridized carbons (Fsp3) is 0.529. The number of hydrogen-bond donors (Lipinski definition) is 0. The van der Waals surface area contributed by atoms with Gasteiger partial charge in [0.2, 0.25) is 5.91 Å². The third-order valence-electron chi connectivity index (χ3n) is 3.99. The maximum Gasteiger partial charge on any atom is 0.252 e. The van der Waals surface area contributed by atoms with E-state index >= 15 is 0 Å². The van der Waals surface area contributed by atoms with Gasteiger partial charge in [0.1, 0.15) is 0 Å². The van der Waals surface area contributed by atoms with E-state index in [0.29, 0.717) is 6.42 Å². The van der Waals surface area contributed by atoms with E-state index in [0.717, 1.165) is 22.8 Å². The summed E-state index contributed by atoms with van der Waals surface area (Å²) in [5, 5.41) is 8.44. The lowest BCUT2D eigenvalue weighted by atomic mass is 9.86. The van der Waals surface area contributed by atoms with Crippen molar-refractivity contribution in [1.29, 1.82) is 0 Å². The maximum absolute atomic E-state index is 12.7. The van der Waals surface area contributed by atoms with Gasteiger partial charge in [-0.25, -0.2) is 9.36 Å². The van der Waals surface area contributed by atoms with Crippen molar-refractivity contribution < 1.29 is 9.59 Å². The highest BCUT2D eigenvalue weighted by Crippen LogP contribution is 2.26. The molecule has 0 radical (unpaired) electrons. The summed E-state index contributed by atoms with van der Waals surface area (Å²) >= 11 is 0. The van der Waals surface area contributed by atoms with Gasteiger partial charge in [0.25, 0.3) is 5.91 Å². The molecule has 2 aromatic heterocycles. The summed E-state index contributed by atoms with van der Waals surface area (Å²) in [6, 6.07) is 3.74. The average molecular weight is 316 g/mol. The minimum Gasteiger partial charge on any atom is -0.273 e. The molecule has 0 saturated heterocycles. The Morgan fingerprint density at radius 2 is 1.43 bits per heavy atom. The zero-order chi connectivity index (χ0) is 17.4. The minimum absolute atomic E-state index is 0.0927. The number of carbonyl (C=O) groups is 2. The Morgan fingerprint density at radius 3 is 1.87 bits per heavy atom.